The molecule has 0 radical (unpaired) electrons. The summed E-state index contributed by atoms with van der Waals surface area (Å²) < 4.78 is 11.3. The van der Waals surface area contributed by atoms with Gasteiger partial charge in [0, 0.05) is 6.42 Å². The van der Waals surface area contributed by atoms with Gasteiger partial charge in [-0.1, -0.05) is 36.4 Å². The standard InChI is InChI=1S/C21H24INO5/c1-21(2,3)28-20(26)23-17(12-15-9-10-18(24)16(22)11-15)19(25)27-13-14-7-5-4-6-8-14/h4-11,17,24H,12-13H2,1-3H3,(H,23,26)/t17-/m0/s1. The number of benzene rings is 2. The van der Waals surface area contributed by atoms with Crippen molar-refractivity contribution in [1.29, 1.82) is 0 Å². The molecule has 1 atom stereocenters. The van der Waals surface area contributed by atoms with Crippen LogP contribution in [0.4, 0.5) is 4.79 Å². The first-order chi connectivity index (χ1) is 13.1. The average Bonchev–Trinajstić information content (AvgIpc) is 2.61. The maximum absolute atomic E-state index is 12.6. The Hall–Kier alpha value is -2.29. The van der Waals surface area contributed by atoms with Crippen molar-refractivity contribution in [3.63, 3.8) is 0 Å². The number of nitrogens with one attached hydrogen (secondary N) is 1. The first-order valence-electron chi connectivity index (χ1n) is 8.81. The second kappa shape index (κ2) is 9.77. The number of hydrogen-bond donors (Lipinski definition) is 2. The predicted molar refractivity (Wildman–Crippen MR) is 114 cm³/mol. The van der Waals surface area contributed by atoms with Crippen LogP contribution in [0.25, 0.3) is 0 Å². The van der Waals surface area contributed by atoms with Gasteiger partial charge >= 0.3 is 12.1 Å². The summed E-state index contributed by atoms with van der Waals surface area (Å²) in [5, 5.41) is 12.3. The number of rotatable bonds is 6. The Balaban J connectivity index is 2.10. The van der Waals surface area contributed by atoms with E-state index >= 15 is 0 Å². The molecule has 0 aliphatic rings. The minimum absolute atomic E-state index is 0.110. The number of esters is 1. The molecular formula is C21H24INO5. The van der Waals surface area contributed by atoms with Crippen molar-refractivity contribution in [2.45, 2.75) is 45.4 Å². The van der Waals surface area contributed by atoms with Crippen molar-refractivity contribution in [2.24, 2.45) is 0 Å². The molecule has 7 heteroatoms. The molecule has 0 unspecified atom stereocenters. The summed E-state index contributed by atoms with van der Waals surface area (Å²) in [6, 6.07) is 13.4. The van der Waals surface area contributed by atoms with E-state index in [9.17, 15) is 14.7 Å². The van der Waals surface area contributed by atoms with Crippen molar-refractivity contribution in [3.05, 3.63) is 63.2 Å². The average molecular weight is 497 g/mol. The number of hydrogen-bond acceptors (Lipinski definition) is 5. The molecule has 0 aliphatic carbocycles. The lowest BCUT2D eigenvalue weighted by Crippen LogP contribution is -2.45. The number of amides is 1. The molecule has 0 aliphatic heterocycles. The van der Waals surface area contributed by atoms with Gasteiger partial charge in [-0.3, -0.25) is 0 Å². The maximum atomic E-state index is 12.6. The summed E-state index contributed by atoms with van der Waals surface area (Å²) in [7, 11) is 0. The summed E-state index contributed by atoms with van der Waals surface area (Å²) in [6.45, 7) is 5.35. The summed E-state index contributed by atoms with van der Waals surface area (Å²) in [5.74, 6) is -0.398. The molecule has 6 nitrogen and oxygen atoms in total. The number of alkyl carbamates (subject to hydrolysis) is 1. The molecule has 0 aromatic heterocycles. The monoisotopic (exact) mass is 497 g/mol. The van der Waals surface area contributed by atoms with E-state index in [1.165, 1.54) is 0 Å². The Kier molecular flexibility index (Phi) is 7.68. The Labute approximate surface area is 178 Å². The first kappa shape index (κ1) is 22.0. The third-order valence-electron chi connectivity index (χ3n) is 3.65. The molecule has 2 aromatic carbocycles. The van der Waals surface area contributed by atoms with Gasteiger partial charge in [0.05, 0.1) is 3.57 Å². The highest BCUT2D eigenvalue weighted by Gasteiger charge is 2.26. The van der Waals surface area contributed by atoms with E-state index in [0.717, 1.165) is 11.1 Å². The van der Waals surface area contributed by atoms with E-state index < -0.39 is 23.7 Å². The third-order valence-corrected chi connectivity index (χ3v) is 4.52. The fraction of sp³-hybridized carbons (Fsp3) is 0.333. The fourth-order valence-corrected chi connectivity index (χ4v) is 2.97. The smallest absolute Gasteiger partial charge is 0.408 e. The molecule has 0 fully saturated rings. The zero-order valence-electron chi connectivity index (χ0n) is 16.1. The number of phenols is 1. The minimum atomic E-state index is -0.918. The van der Waals surface area contributed by atoms with Gasteiger partial charge in [0.1, 0.15) is 24.0 Å². The SMILES string of the molecule is CC(C)(C)OC(=O)N[C@@H](Cc1ccc(O)c(I)c1)C(=O)OCc1ccccc1. The van der Waals surface area contributed by atoms with E-state index in [0.29, 0.717) is 3.57 Å². The molecule has 2 aromatic rings. The summed E-state index contributed by atoms with van der Waals surface area (Å²) in [5.41, 5.74) is 0.946. The number of phenolic OH excluding ortho intramolecular Hbond substituents is 1. The van der Waals surface area contributed by atoms with Crippen LogP contribution < -0.4 is 5.32 Å². The number of aromatic hydroxyl groups is 1. The van der Waals surface area contributed by atoms with Crippen LogP contribution in [-0.2, 0) is 27.3 Å². The van der Waals surface area contributed by atoms with Gasteiger partial charge in [0.25, 0.3) is 0 Å². The second-order valence-electron chi connectivity index (χ2n) is 7.28. The highest BCUT2D eigenvalue weighted by Crippen LogP contribution is 2.21. The molecular weight excluding hydrogens is 473 g/mol. The molecule has 0 spiro atoms. The molecule has 1 amide bonds. The fourth-order valence-electron chi connectivity index (χ4n) is 2.39. The van der Waals surface area contributed by atoms with Crippen molar-refractivity contribution < 1.29 is 24.2 Å². The molecule has 0 heterocycles. The largest absolute Gasteiger partial charge is 0.507 e. The number of ether oxygens (including phenoxy) is 2. The van der Waals surface area contributed by atoms with Gasteiger partial charge in [-0.05, 0) is 66.6 Å². The van der Waals surface area contributed by atoms with Crippen LogP contribution in [0, 0.1) is 3.57 Å². The van der Waals surface area contributed by atoms with Gasteiger partial charge in [-0.15, -0.1) is 0 Å². The molecule has 2 N–H and O–H groups in total. The van der Waals surface area contributed by atoms with Crippen molar-refractivity contribution in [3.8, 4) is 5.75 Å². The van der Waals surface area contributed by atoms with Gasteiger partial charge < -0.3 is 19.9 Å². The van der Waals surface area contributed by atoms with Crippen LogP contribution in [0.3, 0.4) is 0 Å². The third kappa shape index (κ3) is 7.38. The molecule has 0 bridgehead atoms. The lowest BCUT2D eigenvalue weighted by Gasteiger charge is -2.23. The summed E-state index contributed by atoms with van der Waals surface area (Å²) >= 11 is 2.00. The van der Waals surface area contributed by atoms with Crippen LogP contribution in [0.1, 0.15) is 31.9 Å². The van der Waals surface area contributed by atoms with Crippen LogP contribution in [0.2, 0.25) is 0 Å². The van der Waals surface area contributed by atoms with Gasteiger partial charge in [-0.25, -0.2) is 9.59 Å². The quantitative estimate of drug-likeness (QED) is 0.462. The van der Waals surface area contributed by atoms with E-state index in [-0.39, 0.29) is 18.8 Å². The zero-order valence-corrected chi connectivity index (χ0v) is 18.2. The van der Waals surface area contributed by atoms with Gasteiger partial charge in [0.2, 0.25) is 0 Å². The van der Waals surface area contributed by atoms with Crippen LogP contribution in [0.5, 0.6) is 5.75 Å². The Morgan fingerprint density at radius 2 is 1.79 bits per heavy atom. The number of carbonyl (C=O) groups excluding carboxylic acids is 2. The summed E-state index contributed by atoms with van der Waals surface area (Å²) in [6.07, 6.45) is -0.481. The number of carbonyl (C=O) groups is 2. The highest BCUT2D eigenvalue weighted by atomic mass is 127. The van der Waals surface area contributed by atoms with E-state index in [1.54, 1.807) is 39.0 Å². The van der Waals surface area contributed by atoms with E-state index in [2.05, 4.69) is 5.32 Å². The Bertz CT molecular complexity index is 817. The van der Waals surface area contributed by atoms with Crippen LogP contribution >= 0.6 is 22.6 Å². The number of halogens is 1. The first-order valence-corrected chi connectivity index (χ1v) is 9.89. The van der Waals surface area contributed by atoms with Gasteiger partial charge in [-0.2, -0.15) is 0 Å². The maximum Gasteiger partial charge on any atom is 0.408 e. The topological polar surface area (TPSA) is 84.9 Å². The van der Waals surface area contributed by atoms with E-state index in [1.807, 2.05) is 52.9 Å². The Morgan fingerprint density at radius 1 is 1.11 bits per heavy atom. The molecule has 150 valence electrons. The lowest BCUT2D eigenvalue weighted by atomic mass is 10.1. The highest BCUT2D eigenvalue weighted by molar-refractivity contribution is 14.1. The lowest BCUT2D eigenvalue weighted by molar-refractivity contribution is -0.147. The normalized spacial score (nSPS) is 12.1. The van der Waals surface area contributed by atoms with Crippen LogP contribution in [-0.4, -0.2) is 28.8 Å². The van der Waals surface area contributed by atoms with Gasteiger partial charge in [0.15, 0.2) is 0 Å². The zero-order chi connectivity index (χ0) is 20.7. The van der Waals surface area contributed by atoms with E-state index in [4.69, 9.17) is 9.47 Å². The molecule has 28 heavy (non-hydrogen) atoms. The van der Waals surface area contributed by atoms with Crippen molar-refractivity contribution in [1.82, 2.24) is 5.32 Å². The summed E-state index contributed by atoms with van der Waals surface area (Å²) in [4.78, 5) is 24.8. The Morgan fingerprint density at radius 3 is 2.39 bits per heavy atom. The predicted octanol–water partition coefficient (Wildman–Crippen LogP) is 4.18. The molecule has 0 saturated carbocycles. The molecule has 2 rings (SSSR count). The minimum Gasteiger partial charge on any atom is -0.507 e. The van der Waals surface area contributed by atoms with Crippen LogP contribution in [0.15, 0.2) is 48.5 Å². The van der Waals surface area contributed by atoms with Crippen molar-refractivity contribution in [2.75, 3.05) is 0 Å². The second-order valence-corrected chi connectivity index (χ2v) is 8.44. The van der Waals surface area contributed by atoms with Crippen molar-refractivity contribution >= 4 is 34.7 Å². The molecule has 0 saturated heterocycles.